The number of nitrogens with one attached hydrogen (secondary N) is 1. The van der Waals surface area contributed by atoms with Crippen molar-refractivity contribution in [1.82, 2.24) is 4.98 Å². The highest BCUT2D eigenvalue weighted by atomic mass is 35.5. The summed E-state index contributed by atoms with van der Waals surface area (Å²) in [6, 6.07) is 9.30. The maximum absolute atomic E-state index is 12.6. The van der Waals surface area contributed by atoms with Crippen LogP contribution in [0.25, 0.3) is 0 Å². The molecule has 0 spiro atoms. The van der Waals surface area contributed by atoms with E-state index in [2.05, 4.69) is 15.2 Å². The third-order valence-corrected chi connectivity index (χ3v) is 4.89. The molecule has 2 aliphatic rings. The Balaban J connectivity index is 1.39. The Morgan fingerprint density at radius 3 is 2.85 bits per heavy atom. The van der Waals surface area contributed by atoms with Crippen molar-refractivity contribution in [3.8, 4) is 5.75 Å². The van der Waals surface area contributed by atoms with E-state index in [0.29, 0.717) is 37.0 Å². The van der Waals surface area contributed by atoms with E-state index in [1.54, 1.807) is 12.3 Å². The van der Waals surface area contributed by atoms with Gasteiger partial charge in [-0.25, -0.2) is 4.98 Å². The average Bonchev–Trinajstić information content (AvgIpc) is 2.68. The number of ether oxygens (including phenoxy) is 2. The Kier molecular flexibility index (Phi) is 4.95. The number of nitrogens with zero attached hydrogens (tertiary/aromatic N) is 2. The largest absolute Gasteiger partial charge is 0.492 e. The Morgan fingerprint density at radius 1 is 1.23 bits per heavy atom. The van der Waals surface area contributed by atoms with Gasteiger partial charge in [-0.2, -0.15) is 0 Å². The molecule has 1 saturated heterocycles. The van der Waals surface area contributed by atoms with Crippen molar-refractivity contribution >= 4 is 29.0 Å². The molecule has 3 heterocycles. The predicted molar refractivity (Wildman–Crippen MR) is 100 cm³/mol. The van der Waals surface area contributed by atoms with Crippen LogP contribution in [0.4, 0.5) is 11.5 Å². The fraction of sp³-hybridized carbons (Fsp3) is 0.368. The van der Waals surface area contributed by atoms with Crippen molar-refractivity contribution in [1.29, 1.82) is 0 Å². The molecular weight excluding hydrogens is 354 g/mol. The topological polar surface area (TPSA) is 63.7 Å². The number of fused-ring (bicyclic) bond motifs is 1. The normalized spacial score (nSPS) is 19.4. The van der Waals surface area contributed by atoms with Crippen LogP contribution < -0.4 is 15.0 Å². The first-order valence-corrected chi connectivity index (χ1v) is 9.08. The van der Waals surface area contributed by atoms with E-state index in [9.17, 15) is 4.79 Å². The number of hydrogen-bond acceptors (Lipinski definition) is 5. The fourth-order valence-corrected chi connectivity index (χ4v) is 3.41. The Hall–Kier alpha value is -2.31. The first-order chi connectivity index (χ1) is 12.7. The minimum absolute atomic E-state index is 0.0726. The van der Waals surface area contributed by atoms with Gasteiger partial charge in [0, 0.05) is 18.1 Å². The second kappa shape index (κ2) is 7.51. The fourth-order valence-electron chi connectivity index (χ4n) is 3.22. The Morgan fingerprint density at radius 2 is 2.08 bits per heavy atom. The van der Waals surface area contributed by atoms with Crippen LogP contribution in [0.2, 0.25) is 5.02 Å². The lowest BCUT2D eigenvalue weighted by atomic mass is 9.96. The molecule has 1 aromatic heterocycles. The second-order valence-corrected chi connectivity index (χ2v) is 6.89. The van der Waals surface area contributed by atoms with Crippen LogP contribution >= 0.6 is 11.6 Å². The van der Waals surface area contributed by atoms with Gasteiger partial charge < -0.3 is 19.7 Å². The Bertz CT molecular complexity index is 791. The summed E-state index contributed by atoms with van der Waals surface area (Å²) in [6.45, 7) is 3.46. The molecule has 4 rings (SSSR count). The van der Waals surface area contributed by atoms with Crippen LogP contribution in [-0.2, 0) is 16.0 Å². The highest BCUT2D eigenvalue weighted by Gasteiger charge is 2.26. The van der Waals surface area contributed by atoms with Crippen molar-refractivity contribution in [3.63, 3.8) is 0 Å². The maximum Gasteiger partial charge on any atom is 0.231 e. The number of carbonyl (C=O) groups excluding carboxylic acids is 1. The summed E-state index contributed by atoms with van der Waals surface area (Å²) in [5.74, 6) is 1.38. The van der Waals surface area contributed by atoms with E-state index in [4.69, 9.17) is 21.1 Å². The molecule has 1 aromatic carbocycles. The standard InChI is InChI=1S/C19H20ClN3O3/c20-15-1-3-17-13(10-15)9-14(12-26-17)19(24)22-16-2-4-18(21-11-16)23-5-7-25-8-6-23/h1-4,10-11,14H,5-9,12H2,(H,22,24). The van der Waals surface area contributed by atoms with E-state index in [1.807, 2.05) is 24.3 Å². The molecule has 0 bridgehead atoms. The number of carbonyl (C=O) groups is 1. The van der Waals surface area contributed by atoms with E-state index in [-0.39, 0.29) is 11.8 Å². The molecule has 2 aromatic rings. The molecule has 2 aliphatic heterocycles. The smallest absolute Gasteiger partial charge is 0.231 e. The molecule has 0 radical (unpaired) electrons. The van der Waals surface area contributed by atoms with Gasteiger partial charge in [0.2, 0.25) is 5.91 Å². The molecule has 1 fully saturated rings. The molecule has 1 unspecified atom stereocenters. The van der Waals surface area contributed by atoms with Gasteiger partial charge in [0.15, 0.2) is 0 Å². The average molecular weight is 374 g/mol. The van der Waals surface area contributed by atoms with Gasteiger partial charge in [-0.3, -0.25) is 4.79 Å². The molecule has 7 heteroatoms. The number of pyridine rings is 1. The van der Waals surface area contributed by atoms with E-state index < -0.39 is 0 Å². The highest BCUT2D eigenvalue weighted by Crippen LogP contribution is 2.30. The SMILES string of the molecule is O=C(Nc1ccc(N2CCOCC2)nc1)C1COc2ccc(Cl)cc2C1. The molecule has 6 nitrogen and oxygen atoms in total. The summed E-state index contributed by atoms with van der Waals surface area (Å²) >= 11 is 6.04. The van der Waals surface area contributed by atoms with Crippen LogP contribution in [0, 0.1) is 5.92 Å². The zero-order valence-corrected chi connectivity index (χ0v) is 15.0. The van der Waals surface area contributed by atoms with E-state index >= 15 is 0 Å². The van der Waals surface area contributed by atoms with Crippen LogP contribution in [0.3, 0.4) is 0 Å². The number of amides is 1. The lowest BCUT2D eigenvalue weighted by molar-refractivity contribution is -0.121. The van der Waals surface area contributed by atoms with Crippen molar-refractivity contribution < 1.29 is 14.3 Å². The van der Waals surface area contributed by atoms with Crippen molar-refractivity contribution in [2.45, 2.75) is 6.42 Å². The number of anilines is 2. The lowest BCUT2D eigenvalue weighted by Gasteiger charge is -2.28. The van der Waals surface area contributed by atoms with Gasteiger partial charge in [0.05, 0.1) is 31.0 Å². The third kappa shape index (κ3) is 3.76. The first-order valence-electron chi connectivity index (χ1n) is 8.70. The van der Waals surface area contributed by atoms with E-state index in [0.717, 1.165) is 30.2 Å². The molecule has 136 valence electrons. The summed E-state index contributed by atoms with van der Waals surface area (Å²) in [4.78, 5) is 19.2. The number of aromatic nitrogens is 1. The summed E-state index contributed by atoms with van der Waals surface area (Å²) in [5, 5.41) is 3.58. The van der Waals surface area contributed by atoms with Crippen LogP contribution in [0.1, 0.15) is 5.56 Å². The molecule has 1 amide bonds. The van der Waals surface area contributed by atoms with Crippen molar-refractivity contribution in [3.05, 3.63) is 47.1 Å². The summed E-state index contributed by atoms with van der Waals surface area (Å²) in [7, 11) is 0. The third-order valence-electron chi connectivity index (χ3n) is 4.65. The minimum atomic E-state index is -0.250. The lowest BCUT2D eigenvalue weighted by Crippen LogP contribution is -2.36. The quantitative estimate of drug-likeness (QED) is 0.896. The number of benzene rings is 1. The van der Waals surface area contributed by atoms with Crippen LogP contribution in [0.5, 0.6) is 5.75 Å². The summed E-state index contributed by atoms with van der Waals surface area (Å²) < 4.78 is 11.0. The minimum Gasteiger partial charge on any atom is -0.492 e. The number of hydrogen-bond donors (Lipinski definition) is 1. The highest BCUT2D eigenvalue weighted by molar-refractivity contribution is 6.30. The first kappa shape index (κ1) is 17.1. The van der Waals surface area contributed by atoms with Gasteiger partial charge >= 0.3 is 0 Å². The predicted octanol–water partition coefficient (Wildman–Crippen LogP) is 2.76. The van der Waals surface area contributed by atoms with Crippen molar-refractivity contribution in [2.75, 3.05) is 43.1 Å². The molecule has 0 aliphatic carbocycles. The van der Waals surface area contributed by atoms with Gasteiger partial charge in [-0.1, -0.05) is 11.6 Å². The molecule has 1 N–H and O–H groups in total. The zero-order chi connectivity index (χ0) is 17.9. The van der Waals surface area contributed by atoms with Gasteiger partial charge in [-0.15, -0.1) is 0 Å². The van der Waals surface area contributed by atoms with E-state index in [1.165, 1.54) is 0 Å². The summed E-state index contributed by atoms with van der Waals surface area (Å²) in [6.07, 6.45) is 2.30. The van der Waals surface area contributed by atoms with Gasteiger partial charge in [-0.05, 0) is 42.3 Å². The van der Waals surface area contributed by atoms with Crippen LogP contribution in [-0.4, -0.2) is 43.8 Å². The van der Waals surface area contributed by atoms with Crippen molar-refractivity contribution in [2.24, 2.45) is 5.92 Å². The molecule has 0 saturated carbocycles. The number of halogens is 1. The second-order valence-electron chi connectivity index (χ2n) is 6.46. The number of morpholine rings is 1. The monoisotopic (exact) mass is 373 g/mol. The van der Waals surface area contributed by atoms with Crippen LogP contribution in [0.15, 0.2) is 36.5 Å². The zero-order valence-electron chi connectivity index (χ0n) is 14.3. The molecule has 26 heavy (non-hydrogen) atoms. The maximum atomic E-state index is 12.6. The molecular formula is C19H20ClN3O3. The number of rotatable bonds is 3. The summed E-state index contributed by atoms with van der Waals surface area (Å²) in [5.41, 5.74) is 1.65. The molecule has 1 atom stereocenters. The van der Waals surface area contributed by atoms with Gasteiger partial charge in [0.25, 0.3) is 0 Å². The van der Waals surface area contributed by atoms with Gasteiger partial charge in [0.1, 0.15) is 18.2 Å². The Labute approximate surface area is 157 Å².